The lowest BCUT2D eigenvalue weighted by molar-refractivity contribution is -0.870. The molecule has 0 aliphatic carbocycles. The molecular weight excluding hydrogens is 338 g/mol. The second kappa shape index (κ2) is 9.43. The normalized spacial score (nSPS) is 10.4. The van der Waals surface area contributed by atoms with Crippen LogP contribution in [-0.4, -0.2) is 66.0 Å². The number of carbonyl (C=O) groups is 2. The molecular formula is C19H24NO6+. The van der Waals surface area contributed by atoms with Gasteiger partial charge in [-0.05, 0) is 24.3 Å². The summed E-state index contributed by atoms with van der Waals surface area (Å²) in [5, 5.41) is 26.7. The number of phenolic OH excluding ortho intramolecular Hbond substituents is 1. The zero-order valence-corrected chi connectivity index (χ0v) is 15.0. The fourth-order valence-corrected chi connectivity index (χ4v) is 1.79. The van der Waals surface area contributed by atoms with E-state index in [9.17, 15) is 14.7 Å². The number of quaternary nitrogens is 1. The Kier molecular flexibility index (Phi) is 7.61. The maximum Gasteiger partial charge on any atom is 0.342 e. The van der Waals surface area contributed by atoms with Gasteiger partial charge < -0.3 is 24.5 Å². The first kappa shape index (κ1) is 21.0. The summed E-state index contributed by atoms with van der Waals surface area (Å²) in [6, 6.07) is 12.2. The first-order chi connectivity index (χ1) is 12.1. The highest BCUT2D eigenvalue weighted by Gasteiger charge is 2.13. The van der Waals surface area contributed by atoms with Gasteiger partial charge in [-0.3, -0.25) is 0 Å². The number of carboxylic acid groups (broad SMARTS) is 1. The van der Waals surface area contributed by atoms with E-state index in [4.69, 9.17) is 14.9 Å². The Hall–Kier alpha value is -3.06. The standard InChI is InChI=1S/C12H17NO3.C7H6O3/c1-13(2,3)8-9-16-12(15)10-6-4-5-7-11(10)14;8-6-4-2-1-3-5(6)7(9)10/h4-7H,8-9H2,1-3H3;1-4,8H,(H,9,10)/p+1. The third kappa shape index (κ3) is 7.23. The maximum absolute atomic E-state index is 11.6. The second-order valence-electron chi connectivity index (χ2n) is 6.49. The third-order valence-corrected chi connectivity index (χ3v) is 3.25. The fourth-order valence-electron chi connectivity index (χ4n) is 1.79. The molecule has 0 radical (unpaired) electrons. The molecule has 2 aromatic rings. The molecule has 0 saturated carbocycles. The number of benzene rings is 2. The van der Waals surface area contributed by atoms with Gasteiger partial charge in [0, 0.05) is 0 Å². The predicted octanol–water partition coefficient (Wildman–Crippen LogP) is 2.35. The van der Waals surface area contributed by atoms with Crippen LogP contribution >= 0.6 is 0 Å². The number of ether oxygens (including phenoxy) is 1. The number of aromatic hydroxyl groups is 2. The van der Waals surface area contributed by atoms with Crippen molar-refractivity contribution in [3.8, 4) is 11.5 Å². The van der Waals surface area contributed by atoms with Crippen LogP contribution in [0.4, 0.5) is 0 Å². The number of esters is 1. The Labute approximate surface area is 152 Å². The first-order valence-electron chi connectivity index (χ1n) is 7.88. The van der Waals surface area contributed by atoms with Crippen molar-refractivity contribution < 1.29 is 34.1 Å². The van der Waals surface area contributed by atoms with Crippen molar-refractivity contribution in [3.05, 3.63) is 59.7 Å². The Morgan fingerprint density at radius 3 is 1.73 bits per heavy atom. The van der Waals surface area contributed by atoms with Crippen molar-refractivity contribution in [2.45, 2.75) is 0 Å². The van der Waals surface area contributed by atoms with Crippen LogP contribution in [-0.2, 0) is 4.74 Å². The number of likely N-dealkylation sites (N-methyl/N-ethyl adjacent to an activating group) is 1. The summed E-state index contributed by atoms with van der Waals surface area (Å²) >= 11 is 0. The molecule has 26 heavy (non-hydrogen) atoms. The highest BCUT2D eigenvalue weighted by Crippen LogP contribution is 2.16. The largest absolute Gasteiger partial charge is 0.507 e. The number of rotatable bonds is 5. The molecule has 7 nitrogen and oxygen atoms in total. The van der Waals surface area contributed by atoms with Crippen molar-refractivity contribution >= 4 is 11.9 Å². The molecule has 0 bridgehead atoms. The minimum Gasteiger partial charge on any atom is -0.507 e. The molecule has 0 aliphatic rings. The molecule has 2 rings (SSSR count). The average Bonchev–Trinajstić information content (AvgIpc) is 2.54. The van der Waals surface area contributed by atoms with E-state index in [-0.39, 0.29) is 22.6 Å². The van der Waals surface area contributed by atoms with Gasteiger partial charge in [-0.25, -0.2) is 9.59 Å². The van der Waals surface area contributed by atoms with E-state index < -0.39 is 11.9 Å². The predicted molar refractivity (Wildman–Crippen MR) is 96.4 cm³/mol. The molecule has 3 N–H and O–H groups in total. The molecule has 0 fully saturated rings. The van der Waals surface area contributed by atoms with Crippen molar-refractivity contribution in [2.75, 3.05) is 34.3 Å². The quantitative estimate of drug-likeness (QED) is 0.557. The van der Waals surface area contributed by atoms with E-state index in [1.807, 2.05) is 21.1 Å². The van der Waals surface area contributed by atoms with Gasteiger partial charge in [0.1, 0.15) is 35.8 Å². The minimum atomic E-state index is -1.11. The Bertz CT molecular complexity index is 752. The number of nitrogens with zero attached hydrogens (tertiary/aromatic N) is 1. The van der Waals surface area contributed by atoms with E-state index in [0.29, 0.717) is 6.61 Å². The number of aromatic carboxylic acids is 1. The molecule has 7 heteroatoms. The van der Waals surface area contributed by atoms with E-state index in [1.165, 1.54) is 18.2 Å². The zero-order chi connectivity index (χ0) is 19.7. The molecule has 0 amide bonds. The zero-order valence-electron chi connectivity index (χ0n) is 15.0. The van der Waals surface area contributed by atoms with Gasteiger partial charge in [-0.2, -0.15) is 0 Å². The van der Waals surface area contributed by atoms with Crippen LogP contribution in [0.5, 0.6) is 11.5 Å². The van der Waals surface area contributed by atoms with Gasteiger partial charge >= 0.3 is 11.9 Å². The van der Waals surface area contributed by atoms with Gasteiger partial charge in [-0.15, -0.1) is 0 Å². The van der Waals surface area contributed by atoms with Crippen LogP contribution in [0.3, 0.4) is 0 Å². The monoisotopic (exact) mass is 362 g/mol. The molecule has 0 atom stereocenters. The van der Waals surface area contributed by atoms with Gasteiger partial charge in [0.25, 0.3) is 0 Å². The Morgan fingerprint density at radius 1 is 0.885 bits per heavy atom. The molecule has 2 aromatic carbocycles. The molecule has 0 unspecified atom stereocenters. The molecule has 0 aliphatic heterocycles. The molecule has 0 heterocycles. The van der Waals surface area contributed by atoms with E-state index in [0.717, 1.165) is 11.0 Å². The van der Waals surface area contributed by atoms with E-state index >= 15 is 0 Å². The highest BCUT2D eigenvalue weighted by molar-refractivity contribution is 5.92. The lowest BCUT2D eigenvalue weighted by Crippen LogP contribution is -2.38. The fraction of sp³-hybridized carbons (Fsp3) is 0.263. The Morgan fingerprint density at radius 2 is 1.35 bits per heavy atom. The SMILES string of the molecule is C[N+](C)(C)CCOC(=O)c1ccccc1O.O=C(O)c1ccccc1O. The Balaban J connectivity index is 0.000000289. The molecule has 0 saturated heterocycles. The van der Waals surface area contributed by atoms with Crippen molar-refractivity contribution in [1.82, 2.24) is 0 Å². The number of phenols is 2. The molecule has 0 spiro atoms. The van der Waals surface area contributed by atoms with Gasteiger partial charge in [0.15, 0.2) is 0 Å². The van der Waals surface area contributed by atoms with Gasteiger partial charge in [0.2, 0.25) is 0 Å². The van der Waals surface area contributed by atoms with Crippen LogP contribution in [0.2, 0.25) is 0 Å². The minimum absolute atomic E-state index is 0.0438. The van der Waals surface area contributed by atoms with E-state index in [1.54, 1.807) is 30.3 Å². The third-order valence-electron chi connectivity index (χ3n) is 3.25. The van der Waals surface area contributed by atoms with Crippen molar-refractivity contribution in [1.29, 1.82) is 0 Å². The second-order valence-corrected chi connectivity index (χ2v) is 6.49. The van der Waals surface area contributed by atoms with Gasteiger partial charge in [0.05, 0.1) is 21.1 Å². The topological polar surface area (TPSA) is 104 Å². The smallest absolute Gasteiger partial charge is 0.342 e. The first-order valence-corrected chi connectivity index (χ1v) is 7.88. The summed E-state index contributed by atoms with van der Waals surface area (Å²) in [5.41, 5.74) is 0.145. The number of carboxylic acids is 1. The van der Waals surface area contributed by atoms with E-state index in [2.05, 4.69) is 0 Å². The highest BCUT2D eigenvalue weighted by atomic mass is 16.5. The van der Waals surface area contributed by atoms with Crippen molar-refractivity contribution in [3.63, 3.8) is 0 Å². The summed E-state index contributed by atoms with van der Waals surface area (Å²) in [6.45, 7) is 1.08. The summed E-state index contributed by atoms with van der Waals surface area (Å²) in [6.07, 6.45) is 0. The number of para-hydroxylation sites is 2. The number of carbonyl (C=O) groups excluding carboxylic acids is 1. The molecule has 140 valence electrons. The number of hydrogen-bond donors (Lipinski definition) is 3. The average molecular weight is 362 g/mol. The maximum atomic E-state index is 11.6. The lowest BCUT2D eigenvalue weighted by Gasteiger charge is -2.23. The summed E-state index contributed by atoms with van der Waals surface area (Å²) in [4.78, 5) is 21.8. The van der Waals surface area contributed by atoms with Gasteiger partial charge in [-0.1, -0.05) is 24.3 Å². The van der Waals surface area contributed by atoms with Crippen LogP contribution in [0.15, 0.2) is 48.5 Å². The summed E-state index contributed by atoms with van der Waals surface area (Å²) in [5.74, 6) is -1.84. The number of hydrogen-bond acceptors (Lipinski definition) is 5. The summed E-state index contributed by atoms with van der Waals surface area (Å²) in [7, 11) is 6.06. The molecule has 0 aromatic heterocycles. The van der Waals surface area contributed by atoms with Crippen LogP contribution in [0.25, 0.3) is 0 Å². The summed E-state index contributed by atoms with van der Waals surface area (Å²) < 4.78 is 5.80. The van der Waals surface area contributed by atoms with Crippen LogP contribution in [0.1, 0.15) is 20.7 Å². The van der Waals surface area contributed by atoms with Crippen LogP contribution < -0.4 is 0 Å². The lowest BCUT2D eigenvalue weighted by atomic mass is 10.2. The van der Waals surface area contributed by atoms with Crippen LogP contribution in [0, 0.1) is 0 Å². The van der Waals surface area contributed by atoms with Crippen molar-refractivity contribution in [2.24, 2.45) is 0 Å².